The summed E-state index contributed by atoms with van der Waals surface area (Å²) in [7, 11) is -7.74. The molecule has 0 spiro atoms. The maximum Gasteiger partial charge on any atom is 0.484 e. The van der Waals surface area contributed by atoms with Crippen LogP contribution < -0.4 is 16.0 Å². The van der Waals surface area contributed by atoms with Crippen molar-refractivity contribution < 1.29 is 42.6 Å². The molecule has 236 valence electrons. The van der Waals surface area contributed by atoms with E-state index in [2.05, 4.69) is 24.1 Å². The number of hydrogen-bond donors (Lipinski definition) is 5. The van der Waals surface area contributed by atoms with Crippen molar-refractivity contribution in [2.75, 3.05) is 45.6 Å². The zero-order valence-electron chi connectivity index (χ0n) is 24.3. The third kappa shape index (κ3) is 12.6. The van der Waals surface area contributed by atoms with Gasteiger partial charge in [-0.05, 0) is 39.2 Å². The lowest BCUT2D eigenvalue weighted by atomic mass is 9.61. The Hall–Kier alpha value is -1.46. The third-order valence-electron chi connectivity index (χ3n) is 6.28. The van der Waals surface area contributed by atoms with E-state index in [1.807, 2.05) is 25.7 Å². The monoisotopic (exact) mass is 745 g/mol. The predicted octanol–water partition coefficient (Wildman–Crippen LogP) is 0.776. The van der Waals surface area contributed by atoms with E-state index in [1.54, 1.807) is 4.14 Å². The molecule has 15 nitrogen and oxygen atoms in total. The van der Waals surface area contributed by atoms with Crippen LogP contribution >= 0.6 is 36.4 Å². The summed E-state index contributed by atoms with van der Waals surface area (Å²) in [5, 5.41) is 7.79. The van der Waals surface area contributed by atoms with E-state index in [0.29, 0.717) is 45.7 Å². The summed E-state index contributed by atoms with van der Waals surface area (Å²) >= 11 is -0.641. The second-order valence-corrected chi connectivity index (χ2v) is 16.2. The quantitative estimate of drug-likeness (QED) is 0.0904. The minimum absolute atomic E-state index is 0.0133. The maximum atomic E-state index is 12.8. The number of carbonyl (C=O) groups is 3. The van der Waals surface area contributed by atoms with Gasteiger partial charge < -0.3 is 35.0 Å². The van der Waals surface area contributed by atoms with E-state index in [-0.39, 0.29) is 36.7 Å². The third-order valence-corrected chi connectivity index (χ3v) is 11.4. The molecule has 0 saturated carbocycles. The molecule has 0 aromatic rings. The molecule has 3 amide bonds. The van der Waals surface area contributed by atoms with E-state index in [9.17, 15) is 33.3 Å². The Balaban J connectivity index is 1.85. The summed E-state index contributed by atoms with van der Waals surface area (Å²) in [5.41, 5.74) is -2.34. The lowest BCUT2D eigenvalue weighted by Crippen LogP contribution is -2.62. The van der Waals surface area contributed by atoms with Crippen molar-refractivity contribution in [2.45, 2.75) is 57.9 Å². The second-order valence-electron chi connectivity index (χ2n) is 10.5. The number of hydrogen-bond acceptors (Lipinski definition) is 10. The van der Waals surface area contributed by atoms with Crippen LogP contribution in [0.25, 0.3) is 0 Å². The van der Waals surface area contributed by atoms with E-state index < -0.39 is 66.3 Å². The lowest BCUT2D eigenvalue weighted by molar-refractivity contribution is -0.124. The van der Waals surface area contributed by atoms with Gasteiger partial charge in [-0.15, -0.1) is 0 Å². The molecule has 42 heavy (non-hydrogen) atoms. The van der Waals surface area contributed by atoms with Crippen molar-refractivity contribution in [1.82, 2.24) is 20.9 Å². The molecule has 0 aromatic carbocycles. The Morgan fingerprint density at radius 3 is 2.45 bits per heavy atom. The summed E-state index contributed by atoms with van der Waals surface area (Å²) in [5.74, 6) is -1.21. The average molecular weight is 745 g/mol. The van der Waals surface area contributed by atoms with Crippen molar-refractivity contribution in [3.8, 4) is 0 Å². The van der Waals surface area contributed by atoms with Crippen LogP contribution in [0.5, 0.6) is 0 Å². The Morgan fingerprint density at radius 1 is 1.24 bits per heavy atom. The first-order valence-corrected chi connectivity index (χ1v) is 19.0. The first kappa shape index (κ1) is 36.7. The zero-order chi connectivity index (χ0) is 31.3. The Kier molecular flexibility index (Phi) is 15.5. The minimum Gasteiger partial charge on any atom is -0.408 e. The molecule has 0 radical (unpaired) electrons. The lowest BCUT2D eigenvalue weighted by Gasteiger charge is -2.38. The van der Waals surface area contributed by atoms with Crippen LogP contribution in [0.4, 0.5) is 0 Å². The van der Waals surface area contributed by atoms with Crippen LogP contribution in [-0.2, 0) is 32.8 Å². The van der Waals surface area contributed by atoms with Crippen LogP contribution in [0.2, 0.25) is 0 Å². The highest BCUT2D eigenvalue weighted by molar-refractivity contribution is 14.2. The molecule has 3 unspecified atom stereocenters. The Bertz CT molecular complexity index is 1110. The highest BCUT2D eigenvalue weighted by Crippen LogP contribution is 2.51. The molecular weight excluding hydrogens is 704 g/mol. The number of nitrogens with one attached hydrogen (secondary N) is 3. The van der Waals surface area contributed by atoms with Crippen LogP contribution in [-0.4, -0.2) is 112 Å². The van der Waals surface area contributed by atoms with Gasteiger partial charge in [-0.25, -0.2) is 3.21 Å². The maximum absolute atomic E-state index is 12.8. The molecule has 0 aliphatic carbocycles. The van der Waals surface area contributed by atoms with Crippen molar-refractivity contribution in [1.29, 1.82) is 0 Å². The van der Waals surface area contributed by atoms with Gasteiger partial charge in [0.15, 0.2) is 5.71 Å². The van der Waals surface area contributed by atoms with Gasteiger partial charge in [0.25, 0.3) is 5.91 Å². The molecule has 5 N–H and O–H groups in total. The number of nitrogens with zero attached hydrogens (tertiary/aromatic N) is 3. The second kappa shape index (κ2) is 17.7. The van der Waals surface area contributed by atoms with E-state index in [0.717, 1.165) is 0 Å². The topological polar surface area (TPSA) is 208 Å². The van der Waals surface area contributed by atoms with Crippen LogP contribution in [0.15, 0.2) is 8.20 Å². The van der Waals surface area contributed by atoms with Crippen molar-refractivity contribution in [3.63, 3.8) is 0 Å². The van der Waals surface area contributed by atoms with Crippen molar-refractivity contribution >= 4 is 77.3 Å². The SMILES string of the molecule is CC[P+](=O)C(NC(=O)CCCN1CCOB(C(C)(CC(C)C)NC(=O)CNC(=O)C2=NI=CN=C2)OCC1)P(=O)(O)O. The minimum atomic E-state index is -4.74. The Labute approximate surface area is 257 Å². The molecular formula is C23H41BIN6O9P2+. The Morgan fingerprint density at radius 2 is 1.90 bits per heavy atom. The van der Waals surface area contributed by atoms with E-state index >= 15 is 0 Å². The number of rotatable bonds is 15. The summed E-state index contributed by atoms with van der Waals surface area (Å²) < 4.78 is 41.5. The largest absolute Gasteiger partial charge is 0.484 e. The van der Waals surface area contributed by atoms with Crippen molar-refractivity contribution in [3.05, 3.63) is 0 Å². The molecule has 0 bridgehead atoms. The molecule has 3 atom stereocenters. The average Bonchev–Trinajstić information content (AvgIpc) is 2.90. The summed E-state index contributed by atoms with van der Waals surface area (Å²) in [6.07, 6.45) is 2.40. The first-order chi connectivity index (χ1) is 19.7. The van der Waals surface area contributed by atoms with Gasteiger partial charge in [-0.2, -0.15) is 0 Å². The molecule has 2 aliphatic rings. The predicted molar refractivity (Wildman–Crippen MR) is 170 cm³/mol. The molecule has 2 heterocycles. The number of carbonyl (C=O) groups excluding carboxylic acids is 3. The zero-order valence-corrected chi connectivity index (χ0v) is 28.3. The van der Waals surface area contributed by atoms with Gasteiger partial charge in [0, 0.05) is 53.7 Å². The van der Waals surface area contributed by atoms with E-state index in [1.165, 1.54) is 13.1 Å². The van der Waals surface area contributed by atoms with Crippen LogP contribution in [0.1, 0.15) is 47.0 Å². The highest BCUT2D eigenvalue weighted by atomic mass is 127. The molecule has 2 rings (SSSR count). The van der Waals surface area contributed by atoms with Gasteiger partial charge in [0.2, 0.25) is 11.8 Å². The summed E-state index contributed by atoms with van der Waals surface area (Å²) in [6.45, 7) is 9.40. The normalized spacial score (nSPS) is 19.0. The van der Waals surface area contributed by atoms with Gasteiger partial charge >= 0.3 is 28.0 Å². The molecule has 0 aromatic heterocycles. The number of halogens is 1. The van der Waals surface area contributed by atoms with Gasteiger partial charge in [0.1, 0.15) is 6.16 Å². The van der Waals surface area contributed by atoms with Gasteiger partial charge in [-0.1, -0.05) is 18.4 Å². The first-order valence-electron chi connectivity index (χ1n) is 13.6. The van der Waals surface area contributed by atoms with Gasteiger partial charge in [-0.3, -0.25) is 28.8 Å². The standard InChI is InChI=1S/C23H40BIN6O9P2/c1-5-41(35)22(42(36,37)38)28-19(32)7-6-8-31-9-11-39-24(40-12-10-31)23(4,13-17(2)3)29-20(33)15-27-21(34)18-14-26-16-25-30-18/h14,16-17,22H,5-13,15H2,1-4H3,(H4-,27,28,29,32,33,34,36,37,38)/p+1. The summed E-state index contributed by atoms with van der Waals surface area (Å²) in [4.78, 5) is 62.2. The fourth-order valence-electron chi connectivity index (χ4n) is 4.49. The molecule has 2 aliphatic heterocycles. The molecule has 1 fully saturated rings. The molecule has 19 heteroatoms. The summed E-state index contributed by atoms with van der Waals surface area (Å²) in [6, 6.07) is 0. The highest BCUT2D eigenvalue weighted by Gasteiger charge is 2.46. The molecule has 1 saturated heterocycles. The smallest absolute Gasteiger partial charge is 0.408 e. The van der Waals surface area contributed by atoms with Crippen molar-refractivity contribution in [2.24, 2.45) is 14.1 Å². The number of aliphatic imine (C=N–C) groups is 1. The van der Waals surface area contributed by atoms with Crippen LogP contribution in [0, 0.1) is 5.92 Å². The van der Waals surface area contributed by atoms with E-state index in [4.69, 9.17) is 9.31 Å². The fraction of sp³-hybridized carbons (Fsp3) is 0.739. The van der Waals surface area contributed by atoms with Crippen LogP contribution in [0.3, 0.4) is 0 Å². The van der Waals surface area contributed by atoms with Gasteiger partial charge in [0.05, 0.1) is 22.3 Å². The number of amides is 3. The fourth-order valence-corrected chi connectivity index (χ4v) is 8.34.